The minimum absolute atomic E-state index is 0.271. The second kappa shape index (κ2) is 13.5. The molecule has 20 heavy (non-hydrogen) atoms. The van der Waals surface area contributed by atoms with Gasteiger partial charge in [-0.3, -0.25) is 4.79 Å². The normalized spacial score (nSPS) is 12.4. The molecule has 0 spiro atoms. The van der Waals surface area contributed by atoms with Crippen molar-refractivity contribution in [3.8, 4) is 0 Å². The molecule has 0 fully saturated rings. The van der Waals surface area contributed by atoms with Crippen molar-refractivity contribution in [3.63, 3.8) is 0 Å². The largest absolute Gasteiger partial charge is 0.349 e. The van der Waals surface area contributed by atoms with Crippen LogP contribution in [-0.4, -0.2) is 24.9 Å². The lowest BCUT2D eigenvalue weighted by molar-refractivity contribution is -0.133. The third-order valence-electron chi connectivity index (χ3n) is 4.10. The molecule has 0 aromatic rings. The number of amides is 1. The molecule has 0 N–H and O–H groups in total. The van der Waals surface area contributed by atoms with Crippen LogP contribution in [0.5, 0.6) is 0 Å². The van der Waals surface area contributed by atoms with E-state index in [1.54, 1.807) is 4.90 Å². The predicted octanol–water partition coefficient (Wildman–Crippen LogP) is 5.41. The van der Waals surface area contributed by atoms with Gasteiger partial charge in [-0.2, -0.15) is 0 Å². The van der Waals surface area contributed by atoms with Crippen molar-refractivity contribution in [1.29, 1.82) is 0 Å². The summed E-state index contributed by atoms with van der Waals surface area (Å²) in [7, 11) is 3.78. The maximum absolute atomic E-state index is 12.2. The Morgan fingerprint density at radius 3 is 1.60 bits per heavy atom. The Balaban J connectivity index is 3.89. The lowest BCUT2D eigenvalue weighted by atomic mass is 9.93. The van der Waals surface area contributed by atoms with Crippen molar-refractivity contribution in [2.75, 3.05) is 14.1 Å². The van der Waals surface area contributed by atoms with Crippen LogP contribution >= 0.6 is 0 Å². The molecule has 0 aliphatic heterocycles. The van der Waals surface area contributed by atoms with Gasteiger partial charge in [0, 0.05) is 20.0 Å². The average Bonchev–Trinajstić information content (AvgIpc) is 2.44. The summed E-state index contributed by atoms with van der Waals surface area (Å²) >= 11 is 0. The fourth-order valence-electron chi connectivity index (χ4n) is 2.75. The molecule has 0 aliphatic rings. The predicted molar refractivity (Wildman–Crippen MR) is 88.9 cm³/mol. The van der Waals surface area contributed by atoms with Gasteiger partial charge < -0.3 is 4.90 Å². The number of hydrogen-bond acceptors (Lipinski definition) is 1. The van der Waals surface area contributed by atoms with E-state index in [2.05, 4.69) is 13.8 Å². The zero-order chi connectivity index (χ0) is 15.2. The molecule has 1 unspecified atom stereocenters. The molecule has 0 rings (SSSR count). The van der Waals surface area contributed by atoms with Gasteiger partial charge in [0.15, 0.2) is 0 Å². The molecule has 1 amide bonds. The van der Waals surface area contributed by atoms with E-state index in [1.807, 2.05) is 14.1 Å². The third-order valence-corrected chi connectivity index (χ3v) is 4.10. The van der Waals surface area contributed by atoms with E-state index in [1.165, 1.54) is 64.2 Å². The summed E-state index contributed by atoms with van der Waals surface area (Å²) in [6.45, 7) is 4.49. The molecule has 120 valence electrons. The highest BCUT2D eigenvalue weighted by molar-refractivity contribution is 5.78. The average molecular weight is 283 g/mol. The van der Waals surface area contributed by atoms with Gasteiger partial charge in [0.05, 0.1) is 0 Å². The number of nitrogens with zero attached hydrogens (tertiary/aromatic N) is 1. The van der Waals surface area contributed by atoms with Gasteiger partial charge in [-0.15, -0.1) is 0 Å². The molecule has 0 aromatic carbocycles. The second-order valence-corrected chi connectivity index (χ2v) is 6.34. The standard InChI is InChI=1S/C18H37NO/c1-5-7-9-11-12-14-16-17(18(20)19(3)4)15-13-10-8-6-2/h17H,5-16H2,1-4H3. The highest BCUT2D eigenvalue weighted by atomic mass is 16.2. The van der Waals surface area contributed by atoms with Gasteiger partial charge in [0.2, 0.25) is 5.91 Å². The maximum Gasteiger partial charge on any atom is 0.225 e. The van der Waals surface area contributed by atoms with E-state index >= 15 is 0 Å². The molecular weight excluding hydrogens is 246 g/mol. The molecule has 0 radical (unpaired) electrons. The highest BCUT2D eigenvalue weighted by Gasteiger charge is 2.19. The summed E-state index contributed by atoms with van der Waals surface area (Å²) in [4.78, 5) is 14.0. The number of unbranched alkanes of at least 4 members (excludes halogenated alkanes) is 8. The summed E-state index contributed by atoms with van der Waals surface area (Å²) in [6, 6.07) is 0. The molecule has 1 atom stereocenters. The molecule has 0 bridgehead atoms. The van der Waals surface area contributed by atoms with Gasteiger partial charge in [-0.25, -0.2) is 0 Å². The summed E-state index contributed by atoms with van der Waals surface area (Å²) in [5.74, 6) is 0.614. The third kappa shape index (κ3) is 10.3. The first-order valence-corrected chi connectivity index (χ1v) is 8.84. The van der Waals surface area contributed by atoms with Gasteiger partial charge in [0.1, 0.15) is 0 Å². The van der Waals surface area contributed by atoms with Crippen LogP contribution in [0.15, 0.2) is 0 Å². The van der Waals surface area contributed by atoms with Crippen LogP contribution in [0.4, 0.5) is 0 Å². The number of carbonyl (C=O) groups excluding carboxylic acids is 1. The van der Waals surface area contributed by atoms with Gasteiger partial charge >= 0.3 is 0 Å². The molecule has 2 nitrogen and oxygen atoms in total. The van der Waals surface area contributed by atoms with Gasteiger partial charge in [0.25, 0.3) is 0 Å². The van der Waals surface area contributed by atoms with E-state index in [0.29, 0.717) is 5.91 Å². The zero-order valence-corrected chi connectivity index (χ0v) is 14.4. The second-order valence-electron chi connectivity index (χ2n) is 6.34. The van der Waals surface area contributed by atoms with Crippen LogP contribution in [0.2, 0.25) is 0 Å². The SMILES string of the molecule is CCCCCCCCC(CCCCCC)C(=O)N(C)C. The van der Waals surface area contributed by atoms with E-state index < -0.39 is 0 Å². The van der Waals surface area contributed by atoms with Crippen molar-refractivity contribution in [2.24, 2.45) is 5.92 Å². The Morgan fingerprint density at radius 2 is 1.15 bits per heavy atom. The number of rotatable bonds is 13. The van der Waals surface area contributed by atoms with Crippen molar-refractivity contribution in [1.82, 2.24) is 4.90 Å². The monoisotopic (exact) mass is 283 g/mol. The lowest BCUT2D eigenvalue weighted by Crippen LogP contribution is -2.29. The molecule has 0 aliphatic carbocycles. The van der Waals surface area contributed by atoms with Crippen LogP contribution in [0.25, 0.3) is 0 Å². The molecule has 0 saturated carbocycles. The fraction of sp³-hybridized carbons (Fsp3) is 0.944. The summed E-state index contributed by atoms with van der Waals surface area (Å²) in [6.07, 6.45) is 15.1. The van der Waals surface area contributed by atoms with Crippen LogP contribution in [0.3, 0.4) is 0 Å². The number of carbonyl (C=O) groups is 1. The van der Waals surface area contributed by atoms with E-state index in [0.717, 1.165) is 12.8 Å². The van der Waals surface area contributed by atoms with E-state index in [-0.39, 0.29) is 5.92 Å². The Labute approximate surface area is 127 Å². The summed E-state index contributed by atoms with van der Waals surface area (Å²) in [5.41, 5.74) is 0. The van der Waals surface area contributed by atoms with Crippen molar-refractivity contribution < 1.29 is 4.79 Å². The molecule has 0 heterocycles. The Bertz CT molecular complexity index is 225. The summed E-state index contributed by atoms with van der Waals surface area (Å²) < 4.78 is 0. The summed E-state index contributed by atoms with van der Waals surface area (Å²) in [5, 5.41) is 0. The first-order chi connectivity index (χ1) is 9.63. The molecular formula is C18H37NO. The van der Waals surface area contributed by atoms with E-state index in [4.69, 9.17) is 0 Å². The van der Waals surface area contributed by atoms with Crippen molar-refractivity contribution >= 4 is 5.91 Å². The van der Waals surface area contributed by atoms with Crippen LogP contribution in [-0.2, 0) is 4.79 Å². The van der Waals surface area contributed by atoms with Crippen LogP contribution in [0, 0.1) is 5.92 Å². The quantitative estimate of drug-likeness (QED) is 0.414. The molecule has 0 saturated heterocycles. The highest BCUT2D eigenvalue weighted by Crippen LogP contribution is 2.20. The van der Waals surface area contributed by atoms with Gasteiger partial charge in [-0.1, -0.05) is 78.1 Å². The minimum Gasteiger partial charge on any atom is -0.349 e. The Hall–Kier alpha value is -0.530. The van der Waals surface area contributed by atoms with Crippen molar-refractivity contribution in [3.05, 3.63) is 0 Å². The first-order valence-electron chi connectivity index (χ1n) is 8.84. The molecule has 2 heteroatoms. The minimum atomic E-state index is 0.271. The van der Waals surface area contributed by atoms with Crippen LogP contribution < -0.4 is 0 Å². The topological polar surface area (TPSA) is 20.3 Å². The lowest BCUT2D eigenvalue weighted by Gasteiger charge is -2.20. The Kier molecular flexibility index (Phi) is 13.1. The fourth-order valence-corrected chi connectivity index (χ4v) is 2.75. The zero-order valence-electron chi connectivity index (χ0n) is 14.4. The van der Waals surface area contributed by atoms with Gasteiger partial charge in [-0.05, 0) is 12.8 Å². The Morgan fingerprint density at radius 1 is 0.750 bits per heavy atom. The number of hydrogen-bond donors (Lipinski definition) is 0. The van der Waals surface area contributed by atoms with E-state index in [9.17, 15) is 4.79 Å². The smallest absolute Gasteiger partial charge is 0.225 e. The molecule has 0 aromatic heterocycles. The maximum atomic E-state index is 12.2. The van der Waals surface area contributed by atoms with Crippen LogP contribution in [0.1, 0.15) is 90.9 Å². The first kappa shape index (κ1) is 19.5. The van der Waals surface area contributed by atoms with Crippen molar-refractivity contribution in [2.45, 2.75) is 90.9 Å².